The van der Waals surface area contributed by atoms with Gasteiger partial charge in [0.1, 0.15) is 0 Å². The van der Waals surface area contributed by atoms with E-state index in [4.69, 9.17) is 4.42 Å². The van der Waals surface area contributed by atoms with Gasteiger partial charge in [-0.1, -0.05) is 12.8 Å². The van der Waals surface area contributed by atoms with E-state index in [9.17, 15) is 5.11 Å². The van der Waals surface area contributed by atoms with Crippen LogP contribution in [0.3, 0.4) is 0 Å². The zero-order chi connectivity index (χ0) is 12.4. The molecule has 1 aliphatic heterocycles. The highest BCUT2D eigenvalue weighted by Gasteiger charge is 2.39. The van der Waals surface area contributed by atoms with E-state index < -0.39 is 0 Å². The van der Waals surface area contributed by atoms with Crippen LogP contribution in [0.25, 0.3) is 0 Å². The number of likely N-dealkylation sites (tertiary alicyclic amines) is 1. The van der Waals surface area contributed by atoms with Gasteiger partial charge < -0.3 is 9.52 Å². The van der Waals surface area contributed by atoms with Crippen LogP contribution >= 0.6 is 0 Å². The minimum absolute atomic E-state index is 0.170. The van der Waals surface area contributed by atoms with E-state index in [1.54, 1.807) is 6.26 Å². The molecule has 2 heterocycles. The van der Waals surface area contributed by atoms with Crippen molar-refractivity contribution >= 4 is 0 Å². The summed E-state index contributed by atoms with van der Waals surface area (Å²) in [6.45, 7) is 3.51. The van der Waals surface area contributed by atoms with Gasteiger partial charge in [0.2, 0.25) is 0 Å². The third-order valence-corrected chi connectivity index (χ3v) is 4.48. The van der Waals surface area contributed by atoms with Gasteiger partial charge in [0, 0.05) is 30.7 Å². The first-order valence-electron chi connectivity index (χ1n) is 7.14. The van der Waals surface area contributed by atoms with E-state index in [-0.39, 0.29) is 5.41 Å². The summed E-state index contributed by atoms with van der Waals surface area (Å²) in [6, 6.07) is 2.04. The summed E-state index contributed by atoms with van der Waals surface area (Å²) >= 11 is 0. The van der Waals surface area contributed by atoms with Crippen LogP contribution in [0, 0.1) is 11.3 Å². The fraction of sp³-hybridized carbons (Fsp3) is 0.733. The second kappa shape index (κ2) is 5.06. The van der Waals surface area contributed by atoms with Crippen molar-refractivity contribution in [1.82, 2.24) is 4.90 Å². The normalized spacial score (nSPS) is 29.6. The van der Waals surface area contributed by atoms with Crippen molar-refractivity contribution in [3.63, 3.8) is 0 Å². The van der Waals surface area contributed by atoms with E-state index in [0.717, 1.165) is 25.6 Å². The average Bonchev–Trinajstić information content (AvgIpc) is 3.03. The molecule has 1 saturated carbocycles. The number of hydrogen-bond donors (Lipinski definition) is 1. The molecule has 2 aliphatic rings. The molecule has 1 atom stereocenters. The Labute approximate surface area is 109 Å². The monoisotopic (exact) mass is 249 g/mol. The quantitative estimate of drug-likeness (QED) is 0.871. The van der Waals surface area contributed by atoms with Gasteiger partial charge >= 0.3 is 0 Å². The Balaban J connectivity index is 1.62. The van der Waals surface area contributed by atoms with Gasteiger partial charge in [0.05, 0.1) is 12.5 Å². The first kappa shape index (κ1) is 12.2. The molecular weight excluding hydrogens is 226 g/mol. The lowest BCUT2D eigenvalue weighted by Crippen LogP contribution is -2.45. The molecule has 100 valence electrons. The van der Waals surface area contributed by atoms with Crippen LogP contribution in [-0.2, 0) is 6.54 Å². The van der Waals surface area contributed by atoms with Crippen LogP contribution in [-0.4, -0.2) is 29.7 Å². The average molecular weight is 249 g/mol. The molecule has 0 spiro atoms. The molecular formula is C15H23NO2. The van der Waals surface area contributed by atoms with Crippen molar-refractivity contribution in [3.8, 4) is 0 Å². The topological polar surface area (TPSA) is 36.6 Å². The second-order valence-electron chi connectivity index (χ2n) is 6.25. The van der Waals surface area contributed by atoms with Gasteiger partial charge in [-0.15, -0.1) is 0 Å². The first-order chi connectivity index (χ1) is 8.80. The Morgan fingerprint density at radius 1 is 1.44 bits per heavy atom. The Morgan fingerprint density at radius 2 is 2.33 bits per heavy atom. The molecule has 0 aromatic carbocycles. The Kier molecular flexibility index (Phi) is 3.44. The largest absolute Gasteiger partial charge is 0.472 e. The fourth-order valence-electron chi connectivity index (χ4n) is 3.38. The van der Waals surface area contributed by atoms with Gasteiger partial charge in [-0.2, -0.15) is 0 Å². The highest BCUT2D eigenvalue weighted by atomic mass is 16.3. The van der Waals surface area contributed by atoms with E-state index in [1.807, 2.05) is 12.3 Å². The predicted molar refractivity (Wildman–Crippen MR) is 70.1 cm³/mol. The molecule has 2 fully saturated rings. The molecule has 18 heavy (non-hydrogen) atoms. The van der Waals surface area contributed by atoms with Gasteiger partial charge in [-0.25, -0.2) is 0 Å². The summed E-state index contributed by atoms with van der Waals surface area (Å²) in [6.07, 6.45) is 9.96. The van der Waals surface area contributed by atoms with E-state index >= 15 is 0 Å². The Hall–Kier alpha value is -0.800. The van der Waals surface area contributed by atoms with E-state index in [2.05, 4.69) is 4.90 Å². The summed E-state index contributed by atoms with van der Waals surface area (Å²) < 4.78 is 5.13. The molecule has 0 radical (unpaired) electrons. The van der Waals surface area contributed by atoms with Gasteiger partial charge in [0.25, 0.3) is 0 Å². The number of rotatable bonds is 5. The lowest BCUT2D eigenvalue weighted by Gasteiger charge is -2.42. The van der Waals surface area contributed by atoms with Gasteiger partial charge in [-0.05, 0) is 37.8 Å². The third kappa shape index (κ3) is 2.78. The maximum absolute atomic E-state index is 9.82. The standard InChI is InChI=1S/C15H23NO2/c17-12-15(8-13-2-3-13)5-1-6-16(11-15)9-14-4-7-18-10-14/h4,7,10,13,17H,1-3,5-6,8-9,11-12H2/t15-/m0/s1. The highest BCUT2D eigenvalue weighted by molar-refractivity contribution is 5.05. The Morgan fingerprint density at radius 3 is 3.00 bits per heavy atom. The van der Waals surface area contributed by atoms with Crippen LogP contribution in [0.5, 0.6) is 0 Å². The summed E-state index contributed by atoms with van der Waals surface area (Å²) in [4.78, 5) is 2.48. The molecule has 0 bridgehead atoms. The third-order valence-electron chi connectivity index (χ3n) is 4.48. The summed E-state index contributed by atoms with van der Waals surface area (Å²) in [5.41, 5.74) is 1.42. The molecule has 1 aromatic heterocycles. The molecule has 1 saturated heterocycles. The molecule has 3 heteroatoms. The predicted octanol–water partition coefficient (Wildman–Crippen LogP) is 2.65. The van der Waals surface area contributed by atoms with Crippen LogP contribution < -0.4 is 0 Å². The first-order valence-corrected chi connectivity index (χ1v) is 7.14. The zero-order valence-electron chi connectivity index (χ0n) is 11.0. The number of aliphatic hydroxyl groups excluding tert-OH is 1. The summed E-state index contributed by atoms with van der Waals surface area (Å²) in [5.74, 6) is 0.894. The SMILES string of the molecule is OC[C@]1(CC2CC2)CCCN(Cc2ccoc2)C1. The highest BCUT2D eigenvalue weighted by Crippen LogP contribution is 2.44. The number of hydrogen-bond acceptors (Lipinski definition) is 3. The summed E-state index contributed by atoms with van der Waals surface area (Å²) in [7, 11) is 0. The van der Waals surface area contributed by atoms with Crippen LogP contribution in [0.4, 0.5) is 0 Å². The Bertz CT molecular complexity index is 372. The summed E-state index contributed by atoms with van der Waals surface area (Å²) in [5, 5.41) is 9.82. The van der Waals surface area contributed by atoms with Crippen molar-refractivity contribution in [1.29, 1.82) is 0 Å². The maximum atomic E-state index is 9.82. The number of nitrogens with zero attached hydrogens (tertiary/aromatic N) is 1. The van der Waals surface area contributed by atoms with Crippen molar-refractivity contribution in [2.45, 2.75) is 38.6 Å². The van der Waals surface area contributed by atoms with E-state index in [0.29, 0.717) is 6.61 Å². The number of furan rings is 1. The molecule has 3 nitrogen and oxygen atoms in total. The maximum Gasteiger partial charge on any atom is 0.0947 e. The van der Waals surface area contributed by atoms with Crippen molar-refractivity contribution in [2.24, 2.45) is 11.3 Å². The van der Waals surface area contributed by atoms with Crippen molar-refractivity contribution < 1.29 is 9.52 Å². The lowest BCUT2D eigenvalue weighted by atomic mass is 9.76. The molecule has 3 rings (SSSR count). The van der Waals surface area contributed by atoms with Crippen LogP contribution in [0.15, 0.2) is 23.0 Å². The van der Waals surface area contributed by atoms with Crippen LogP contribution in [0.1, 0.15) is 37.7 Å². The molecule has 1 aromatic rings. The molecule has 1 aliphatic carbocycles. The molecule has 1 N–H and O–H groups in total. The van der Waals surface area contributed by atoms with Gasteiger partial charge in [-0.3, -0.25) is 4.90 Å². The second-order valence-corrected chi connectivity index (χ2v) is 6.25. The smallest absolute Gasteiger partial charge is 0.0947 e. The molecule has 0 amide bonds. The van der Waals surface area contributed by atoms with E-state index in [1.165, 1.54) is 37.7 Å². The number of piperidine rings is 1. The molecule has 0 unspecified atom stereocenters. The van der Waals surface area contributed by atoms with Crippen molar-refractivity contribution in [2.75, 3.05) is 19.7 Å². The van der Waals surface area contributed by atoms with Crippen molar-refractivity contribution in [3.05, 3.63) is 24.2 Å². The minimum Gasteiger partial charge on any atom is -0.472 e. The lowest BCUT2D eigenvalue weighted by molar-refractivity contribution is 0.0180. The van der Waals surface area contributed by atoms with Gasteiger partial charge in [0.15, 0.2) is 0 Å². The zero-order valence-corrected chi connectivity index (χ0v) is 11.0. The minimum atomic E-state index is 0.170. The van der Waals surface area contributed by atoms with Crippen LogP contribution in [0.2, 0.25) is 0 Å². The number of aliphatic hydroxyl groups is 1. The fourth-order valence-corrected chi connectivity index (χ4v) is 3.38.